The Morgan fingerprint density at radius 2 is 2.08 bits per heavy atom. The van der Waals surface area contributed by atoms with Crippen LogP contribution in [0.25, 0.3) is 0 Å². The Labute approximate surface area is 75.0 Å². The minimum Gasteiger partial charge on any atom is -0.358 e. The first-order valence-corrected chi connectivity index (χ1v) is 3.63. The highest BCUT2D eigenvalue weighted by Crippen LogP contribution is 2.22. The van der Waals surface area contributed by atoms with Gasteiger partial charge in [-0.25, -0.2) is 0 Å². The third-order valence-corrected chi connectivity index (χ3v) is 1.47. The highest BCUT2D eigenvalue weighted by atomic mass is 17.0. The van der Waals surface area contributed by atoms with Gasteiger partial charge >= 0.3 is 0 Å². The molecule has 0 aromatic rings. The highest BCUT2D eigenvalue weighted by molar-refractivity contribution is 4.73. The second-order valence-electron chi connectivity index (χ2n) is 3.55. The van der Waals surface area contributed by atoms with Gasteiger partial charge in [0, 0.05) is 5.41 Å². The molecular weight excluding hydrogens is 180 g/mol. The Kier molecular flexibility index (Phi) is 4.09. The molecule has 0 bridgehead atoms. The molecular formula is C6H12N2O5. The Hall–Kier alpha value is -1.40. The molecule has 13 heavy (non-hydrogen) atoms. The zero-order valence-corrected chi connectivity index (χ0v) is 7.72. The molecule has 0 aromatic heterocycles. The molecule has 0 fully saturated rings. The summed E-state index contributed by atoms with van der Waals surface area (Å²) >= 11 is 0. The lowest BCUT2D eigenvalue weighted by Gasteiger charge is -2.25. The maximum absolute atomic E-state index is 9.85. The largest absolute Gasteiger partial charge is 0.358 e. The van der Waals surface area contributed by atoms with Crippen LogP contribution >= 0.6 is 0 Å². The van der Waals surface area contributed by atoms with E-state index >= 15 is 0 Å². The molecule has 1 atom stereocenters. The minimum atomic E-state index is -0.938. The Morgan fingerprint density at radius 1 is 1.54 bits per heavy atom. The van der Waals surface area contributed by atoms with Crippen LogP contribution < -0.4 is 0 Å². The van der Waals surface area contributed by atoms with Gasteiger partial charge in [0.1, 0.15) is 6.61 Å². The molecule has 0 saturated heterocycles. The fraction of sp³-hybridized carbons (Fsp3) is 1.00. The van der Waals surface area contributed by atoms with Crippen molar-refractivity contribution < 1.29 is 14.8 Å². The van der Waals surface area contributed by atoms with Gasteiger partial charge in [0.2, 0.25) is 0 Å². The molecule has 76 valence electrons. The molecule has 0 rings (SSSR count). The molecule has 0 aliphatic heterocycles. The lowest BCUT2D eigenvalue weighted by molar-refractivity contribution is -0.760. The van der Waals surface area contributed by atoms with E-state index in [0.29, 0.717) is 0 Å². The predicted octanol–water partition coefficient (Wildman–Crippen LogP) is 1.31. The van der Waals surface area contributed by atoms with Crippen molar-refractivity contribution in [1.82, 2.24) is 0 Å². The lowest BCUT2D eigenvalue weighted by Crippen LogP contribution is -2.33. The molecule has 0 radical (unpaired) electrons. The Balaban J connectivity index is 4.10. The van der Waals surface area contributed by atoms with Crippen molar-refractivity contribution in [2.45, 2.75) is 26.9 Å². The van der Waals surface area contributed by atoms with Gasteiger partial charge in [0.15, 0.2) is 11.4 Å². The Bertz CT molecular complexity index is 188. The molecule has 0 amide bonds. The minimum absolute atomic E-state index is 0.303. The summed E-state index contributed by atoms with van der Waals surface area (Å²) in [6.45, 7) is 4.96. The quantitative estimate of drug-likeness (QED) is 0.372. The van der Waals surface area contributed by atoms with Gasteiger partial charge < -0.3 is 9.68 Å². The van der Waals surface area contributed by atoms with Gasteiger partial charge in [-0.05, 0) is 0 Å². The normalized spacial score (nSPS) is 13.2. The maximum atomic E-state index is 9.85. The standard InChI is InChI=1S/C6H12N2O5/c1-6(2,3)5(13-7-9)4-12-8(10)11/h5H,4H2,1-3H3. The van der Waals surface area contributed by atoms with E-state index < -0.39 is 16.6 Å². The van der Waals surface area contributed by atoms with E-state index in [-0.39, 0.29) is 6.61 Å². The molecule has 0 saturated carbocycles. The second kappa shape index (κ2) is 4.58. The van der Waals surface area contributed by atoms with Crippen LogP contribution in [0.15, 0.2) is 5.34 Å². The predicted molar refractivity (Wildman–Crippen MR) is 43.1 cm³/mol. The summed E-state index contributed by atoms with van der Waals surface area (Å²) in [5.74, 6) is 0. The smallest absolute Gasteiger partial charge is 0.294 e. The fourth-order valence-electron chi connectivity index (χ4n) is 0.619. The first-order valence-electron chi connectivity index (χ1n) is 3.63. The third kappa shape index (κ3) is 4.94. The van der Waals surface area contributed by atoms with Gasteiger partial charge in [-0.15, -0.1) is 15.0 Å². The first kappa shape index (κ1) is 11.6. The number of hydrogen-bond donors (Lipinski definition) is 0. The van der Waals surface area contributed by atoms with Gasteiger partial charge in [0.05, 0.1) is 0 Å². The molecule has 0 spiro atoms. The molecule has 7 heteroatoms. The first-order chi connectivity index (χ1) is 5.88. The molecule has 0 aliphatic carbocycles. The molecule has 7 nitrogen and oxygen atoms in total. The SMILES string of the molecule is CC(C)(C)C(CO[N+](=O)[O-])ON=O. The lowest BCUT2D eigenvalue weighted by atomic mass is 9.90. The number of rotatable bonds is 5. The number of hydrogen-bond acceptors (Lipinski definition) is 6. The summed E-state index contributed by atoms with van der Waals surface area (Å²) in [6, 6.07) is 0. The van der Waals surface area contributed by atoms with Crippen LogP contribution in [0.1, 0.15) is 20.8 Å². The van der Waals surface area contributed by atoms with Gasteiger partial charge in [-0.3, -0.25) is 0 Å². The van der Waals surface area contributed by atoms with Crippen LogP contribution in [0.4, 0.5) is 0 Å². The average Bonchev–Trinajstić information content (AvgIpc) is 1.95. The molecule has 1 unspecified atom stereocenters. The third-order valence-electron chi connectivity index (χ3n) is 1.47. The van der Waals surface area contributed by atoms with Crippen LogP contribution in [0.3, 0.4) is 0 Å². The van der Waals surface area contributed by atoms with Crippen molar-refractivity contribution in [2.24, 2.45) is 10.8 Å². The zero-order chi connectivity index (χ0) is 10.5. The fourth-order valence-corrected chi connectivity index (χ4v) is 0.619. The average molecular weight is 192 g/mol. The van der Waals surface area contributed by atoms with Crippen LogP contribution in [0.5, 0.6) is 0 Å². The molecule has 0 aromatic carbocycles. The van der Waals surface area contributed by atoms with E-state index in [1.165, 1.54) is 0 Å². The molecule has 0 heterocycles. The Morgan fingerprint density at radius 3 is 2.38 bits per heavy atom. The van der Waals surface area contributed by atoms with Gasteiger partial charge in [-0.1, -0.05) is 20.8 Å². The van der Waals surface area contributed by atoms with Crippen molar-refractivity contribution in [3.63, 3.8) is 0 Å². The summed E-state index contributed by atoms with van der Waals surface area (Å²) in [5.41, 5.74) is -0.441. The van der Waals surface area contributed by atoms with Crippen LogP contribution in [0, 0.1) is 20.4 Å². The molecule has 0 N–H and O–H groups in total. The van der Waals surface area contributed by atoms with E-state index in [1.807, 2.05) is 0 Å². The van der Waals surface area contributed by atoms with E-state index in [1.54, 1.807) is 20.8 Å². The van der Waals surface area contributed by atoms with Gasteiger partial charge in [-0.2, -0.15) is 0 Å². The second-order valence-corrected chi connectivity index (χ2v) is 3.55. The van der Waals surface area contributed by atoms with E-state index in [0.717, 1.165) is 0 Å². The van der Waals surface area contributed by atoms with E-state index in [4.69, 9.17) is 0 Å². The topological polar surface area (TPSA) is 91.0 Å². The maximum Gasteiger partial charge on any atom is 0.294 e. The van der Waals surface area contributed by atoms with Crippen molar-refractivity contribution >= 4 is 0 Å². The highest BCUT2D eigenvalue weighted by Gasteiger charge is 2.28. The zero-order valence-electron chi connectivity index (χ0n) is 7.72. The van der Waals surface area contributed by atoms with Crippen LogP contribution in [0.2, 0.25) is 0 Å². The monoisotopic (exact) mass is 192 g/mol. The van der Waals surface area contributed by atoms with Crippen molar-refractivity contribution in [3.05, 3.63) is 15.0 Å². The summed E-state index contributed by atoms with van der Waals surface area (Å²) in [4.78, 5) is 28.1. The summed E-state index contributed by atoms with van der Waals surface area (Å²) in [6.07, 6.45) is -0.726. The van der Waals surface area contributed by atoms with Crippen molar-refractivity contribution in [1.29, 1.82) is 0 Å². The van der Waals surface area contributed by atoms with E-state index in [2.05, 4.69) is 15.0 Å². The summed E-state index contributed by atoms with van der Waals surface area (Å²) in [5, 5.41) is 11.1. The number of nitrogens with zero attached hydrogens (tertiary/aromatic N) is 2. The van der Waals surface area contributed by atoms with Crippen LogP contribution in [-0.4, -0.2) is 17.8 Å². The summed E-state index contributed by atoms with van der Waals surface area (Å²) in [7, 11) is 0. The van der Waals surface area contributed by atoms with Crippen molar-refractivity contribution in [3.8, 4) is 0 Å². The van der Waals surface area contributed by atoms with Crippen LogP contribution in [-0.2, 0) is 9.68 Å². The van der Waals surface area contributed by atoms with E-state index in [9.17, 15) is 15.0 Å². The molecule has 0 aliphatic rings. The van der Waals surface area contributed by atoms with Gasteiger partial charge in [0.25, 0.3) is 5.09 Å². The van der Waals surface area contributed by atoms with Crippen molar-refractivity contribution in [2.75, 3.05) is 6.61 Å². The summed E-state index contributed by atoms with van der Waals surface area (Å²) < 4.78 is 0.